The maximum absolute atomic E-state index is 14.1. The van der Waals surface area contributed by atoms with Gasteiger partial charge in [0.15, 0.2) is 0 Å². The zero-order valence-electron chi connectivity index (χ0n) is 18.2. The summed E-state index contributed by atoms with van der Waals surface area (Å²) in [5.41, 5.74) is -1.07. The quantitative estimate of drug-likeness (QED) is 0.169. The highest BCUT2D eigenvalue weighted by molar-refractivity contribution is 7.90. The number of carbonyl (C=O) groups is 1. The number of hydrogen-bond acceptors (Lipinski definition) is 4. The van der Waals surface area contributed by atoms with Crippen molar-refractivity contribution in [3.8, 4) is 0 Å². The van der Waals surface area contributed by atoms with Crippen molar-refractivity contribution in [2.75, 3.05) is 13.7 Å². The Morgan fingerprint density at radius 1 is 0.684 bits per heavy atom. The van der Waals surface area contributed by atoms with Crippen molar-refractivity contribution in [1.29, 1.82) is 0 Å². The van der Waals surface area contributed by atoms with E-state index in [1.807, 2.05) is 0 Å². The van der Waals surface area contributed by atoms with Crippen LogP contribution in [-0.2, 0) is 19.6 Å². The number of nitrogens with zero attached hydrogens (tertiary/aromatic N) is 1. The summed E-state index contributed by atoms with van der Waals surface area (Å²) in [6.45, 7) is 1.45. The normalized spacial score (nSPS) is 15.9. The highest BCUT2D eigenvalue weighted by Gasteiger charge is 2.96. The highest BCUT2D eigenvalue weighted by Crippen LogP contribution is 2.64. The number of carbonyl (C=O) groups excluding carboxylic acids is 1. The number of ether oxygens (including phenoxy) is 1. The third kappa shape index (κ3) is 4.71. The molecule has 0 aliphatic heterocycles. The molecule has 0 aromatic carbocycles. The van der Waals surface area contributed by atoms with Gasteiger partial charge in [0.25, 0.3) is 5.91 Å². The summed E-state index contributed by atoms with van der Waals surface area (Å²) in [5, 5.41) is -7.82. The fourth-order valence-corrected chi connectivity index (χ4v) is 3.26. The van der Waals surface area contributed by atoms with Crippen molar-refractivity contribution in [1.82, 2.24) is 4.31 Å². The molecule has 0 atom stereocenters. The summed E-state index contributed by atoms with van der Waals surface area (Å²) in [7, 11) is -8.09. The van der Waals surface area contributed by atoms with Crippen LogP contribution in [0.25, 0.3) is 0 Å². The number of hydrogen-bond donors (Lipinski definition) is 0. The third-order valence-corrected chi connectivity index (χ3v) is 6.22. The van der Waals surface area contributed by atoms with E-state index < -0.39 is 72.8 Å². The van der Waals surface area contributed by atoms with Crippen molar-refractivity contribution < 1.29 is 92.6 Å². The maximum Gasteiger partial charge on any atom is 0.460 e. The maximum atomic E-state index is 14.1. The fraction of sp³-hybridized carbons (Fsp3) is 0.800. The molecular weight excluding hydrogens is 613 g/mol. The molecule has 23 heteroatoms. The lowest BCUT2D eigenvalue weighted by Crippen LogP contribution is -2.75. The number of rotatable bonds is 11. The van der Waals surface area contributed by atoms with Gasteiger partial charge in [-0.15, -0.1) is 0 Å². The zero-order chi connectivity index (χ0) is 31.4. The molecule has 0 saturated heterocycles. The Labute approximate surface area is 200 Å². The lowest BCUT2D eigenvalue weighted by atomic mass is 9.91. The van der Waals surface area contributed by atoms with Gasteiger partial charge in [-0.2, -0.15) is 83.1 Å². The molecule has 0 aliphatic carbocycles. The third-order valence-electron chi connectivity index (χ3n) is 4.43. The number of alkyl halides is 17. The first-order chi connectivity index (χ1) is 16.3. The van der Waals surface area contributed by atoms with Crippen molar-refractivity contribution in [2.45, 2.75) is 60.8 Å². The van der Waals surface area contributed by atoms with Gasteiger partial charge in [-0.3, -0.25) is 4.79 Å². The van der Waals surface area contributed by atoms with Crippen LogP contribution in [0.4, 0.5) is 74.6 Å². The fourth-order valence-electron chi connectivity index (χ4n) is 2.10. The van der Waals surface area contributed by atoms with Gasteiger partial charge in [0.05, 0.1) is 12.9 Å². The Kier molecular flexibility index (Phi) is 9.18. The molecule has 0 radical (unpaired) electrons. The lowest BCUT2D eigenvalue weighted by Gasteiger charge is -2.42. The predicted octanol–water partition coefficient (Wildman–Crippen LogP) is 5.68. The number of halogens is 17. The smallest absolute Gasteiger partial charge is 0.460 e. The topological polar surface area (TPSA) is 63.7 Å². The van der Waals surface area contributed by atoms with Gasteiger partial charge in [0.2, 0.25) is 0 Å². The van der Waals surface area contributed by atoms with E-state index in [4.69, 9.17) is 0 Å². The van der Waals surface area contributed by atoms with E-state index in [1.165, 1.54) is 6.92 Å². The van der Waals surface area contributed by atoms with E-state index in [9.17, 15) is 87.8 Å². The number of sulfonamides is 1. The van der Waals surface area contributed by atoms with Crippen molar-refractivity contribution in [3.63, 3.8) is 0 Å². The molecule has 0 spiro atoms. The molecule has 0 aliphatic rings. The molecule has 0 bridgehead atoms. The van der Waals surface area contributed by atoms with Crippen LogP contribution in [0.2, 0.25) is 0 Å². The molecule has 226 valence electrons. The van der Waals surface area contributed by atoms with Gasteiger partial charge in [0, 0.05) is 12.6 Å². The van der Waals surface area contributed by atoms with E-state index in [0.29, 0.717) is 6.92 Å². The first kappa shape index (κ1) is 35.8. The number of amides is 1. The Bertz CT molecular complexity index is 1030. The van der Waals surface area contributed by atoms with Crippen molar-refractivity contribution >= 4 is 15.9 Å². The molecule has 0 aromatic heterocycles. The van der Waals surface area contributed by atoms with Crippen LogP contribution >= 0.6 is 0 Å². The first-order valence-corrected chi connectivity index (χ1v) is 10.3. The monoisotopic (exact) mass is 625 g/mol. The molecule has 0 rings (SSSR count). The summed E-state index contributed by atoms with van der Waals surface area (Å²) in [5.74, 6) is -54.6. The minimum absolute atomic E-state index is 0.289. The Balaban J connectivity index is 7.00. The average molecular weight is 625 g/mol. The van der Waals surface area contributed by atoms with Gasteiger partial charge in [-0.25, -0.2) is 4.31 Å². The Morgan fingerprint density at radius 3 is 1.32 bits per heavy atom. The SMILES string of the molecule is CCOC=C(C)C(=O)N(C)S(=O)(=O)C(F)(F)C(F)(F)C(F)(F)C(F)(F)C(F)(F)C(F)(F)C(F)(F)C(F)(F)F. The zero-order valence-corrected chi connectivity index (χ0v) is 19.0. The second kappa shape index (κ2) is 9.75. The summed E-state index contributed by atoms with van der Waals surface area (Å²) >= 11 is 0. The van der Waals surface area contributed by atoms with Crippen LogP contribution in [-0.4, -0.2) is 79.3 Å². The molecule has 0 fully saturated rings. The van der Waals surface area contributed by atoms with Gasteiger partial charge >= 0.3 is 57.0 Å². The van der Waals surface area contributed by atoms with E-state index in [1.54, 1.807) is 0 Å². The molecule has 1 amide bonds. The molecule has 38 heavy (non-hydrogen) atoms. The van der Waals surface area contributed by atoms with Crippen LogP contribution in [0.15, 0.2) is 11.8 Å². The van der Waals surface area contributed by atoms with E-state index in [-0.39, 0.29) is 19.9 Å². The van der Waals surface area contributed by atoms with Crippen LogP contribution in [0, 0.1) is 0 Å². The highest BCUT2D eigenvalue weighted by atomic mass is 32.2. The van der Waals surface area contributed by atoms with Gasteiger partial charge < -0.3 is 4.74 Å². The molecule has 0 N–H and O–H groups in total. The summed E-state index contributed by atoms with van der Waals surface area (Å²) in [4.78, 5) is 11.8. The molecule has 0 heterocycles. The first-order valence-electron chi connectivity index (χ1n) is 8.83. The summed E-state index contributed by atoms with van der Waals surface area (Å²) in [6, 6.07) is 0. The summed E-state index contributed by atoms with van der Waals surface area (Å²) < 4.78 is 252. The molecular formula is C15H12F17NO4S. The van der Waals surface area contributed by atoms with Crippen LogP contribution in [0.3, 0.4) is 0 Å². The number of likely N-dealkylation sites (N-methyl/N-ethyl adjacent to an activating group) is 1. The molecule has 0 aromatic rings. The van der Waals surface area contributed by atoms with Crippen LogP contribution in [0.5, 0.6) is 0 Å². The van der Waals surface area contributed by atoms with E-state index in [0.717, 1.165) is 0 Å². The largest absolute Gasteiger partial charge is 0.501 e. The predicted molar refractivity (Wildman–Crippen MR) is 87.8 cm³/mol. The average Bonchev–Trinajstić information content (AvgIpc) is 2.74. The second-order valence-corrected chi connectivity index (χ2v) is 9.01. The molecule has 0 unspecified atom stereocenters. The second-order valence-electron chi connectivity index (χ2n) is 6.99. The van der Waals surface area contributed by atoms with Crippen molar-refractivity contribution in [2.24, 2.45) is 0 Å². The lowest BCUT2D eigenvalue weighted by molar-refractivity contribution is -0.458. The van der Waals surface area contributed by atoms with E-state index >= 15 is 0 Å². The minimum Gasteiger partial charge on any atom is -0.501 e. The standard InChI is InChI=1S/C15H12F17NO4S/c1-4-37-5-6(2)7(34)33(3)38(35,36)15(31,32)13(26,27)11(22,23)9(18,19)8(16,17)10(20,21)12(24,25)14(28,29)30/h5H,4H2,1-3H3. The Hall–Kier alpha value is -2.23. The molecule has 5 nitrogen and oxygen atoms in total. The summed E-state index contributed by atoms with van der Waals surface area (Å²) in [6.07, 6.45) is -7.63. The van der Waals surface area contributed by atoms with Gasteiger partial charge in [-0.1, -0.05) is 0 Å². The molecule has 0 saturated carbocycles. The van der Waals surface area contributed by atoms with Crippen LogP contribution < -0.4 is 0 Å². The minimum atomic E-state index is -8.95. The van der Waals surface area contributed by atoms with Gasteiger partial charge in [-0.05, 0) is 13.8 Å². The van der Waals surface area contributed by atoms with Gasteiger partial charge in [0.1, 0.15) is 0 Å². The van der Waals surface area contributed by atoms with E-state index in [2.05, 4.69) is 4.74 Å². The van der Waals surface area contributed by atoms with Crippen molar-refractivity contribution in [3.05, 3.63) is 11.8 Å². The Morgan fingerprint density at radius 2 is 1.00 bits per heavy atom. The van der Waals surface area contributed by atoms with Crippen LogP contribution in [0.1, 0.15) is 13.8 Å².